The fraction of sp³-hybridized carbons (Fsp3) is 0.444. The Hall–Kier alpha value is 0.110. The molecule has 1 N–H and O–H groups in total. The first-order valence-corrected chi connectivity index (χ1v) is 6.67. The monoisotopic (exact) mass is 336 g/mol. The van der Waals surface area contributed by atoms with Crippen molar-refractivity contribution in [1.82, 2.24) is 5.32 Å². The quantitative estimate of drug-likeness (QED) is 0.906. The molecular formula is C9H10Br2N2S. The first-order chi connectivity index (χ1) is 6.69. The summed E-state index contributed by atoms with van der Waals surface area (Å²) in [5.74, 6) is 0. The molecule has 0 fully saturated rings. The van der Waals surface area contributed by atoms with Crippen molar-refractivity contribution < 1.29 is 0 Å². The van der Waals surface area contributed by atoms with Crippen molar-refractivity contribution in [2.45, 2.75) is 19.4 Å². The summed E-state index contributed by atoms with van der Waals surface area (Å²) in [6, 6.07) is 4.04. The number of rotatable bonds is 4. The van der Waals surface area contributed by atoms with E-state index in [0.717, 1.165) is 26.1 Å². The van der Waals surface area contributed by atoms with Crippen molar-refractivity contribution >= 4 is 43.2 Å². The van der Waals surface area contributed by atoms with Crippen molar-refractivity contribution in [1.29, 1.82) is 5.26 Å². The summed E-state index contributed by atoms with van der Waals surface area (Å²) in [7, 11) is 0. The molecular weight excluding hydrogens is 328 g/mol. The Bertz CT molecular complexity index is 324. The molecule has 0 spiro atoms. The summed E-state index contributed by atoms with van der Waals surface area (Å²) in [5, 5.41) is 12.2. The second-order valence-corrected chi connectivity index (χ2v) is 6.04. The fourth-order valence-corrected chi connectivity index (χ4v) is 3.11. The van der Waals surface area contributed by atoms with Gasteiger partial charge in [-0.05, 0) is 50.9 Å². The second-order valence-electron chi connectivity index (χ2n) is 2.79. The highest BCUT2D eigenvalue weighted by Crippen LogP contribution is 2.35. The van der Waals surface area contributed by atoms with E-state index in [2.05, 4.69) is 50.2 Å². The van der Waals surface area contributed by atoms with Crippen LogP contribution in [0.5, 0.6) is 0 Å². The highest BCUT2D eigenvalue weighted by Gasteiger charge is 2.13. The van der Waals surface area contributed by atoms with Crippen molar-refractivity contribution in [2.75, 3.05) is 6.54 Å². The van der Waals surface area contributed by atoms with Crippen LogP contribution in [0.25, 0.3) is 0 Å². The summed E-state index contributed by atoms with van der Waals surface area (Å²) in [4.78, 5) is 1.04. The van der Waals surface area contributed by atoms with Gasteiger partial charge in [-0.25, -0.2) is 0 Å². The number of hydrogen-bond acceptors (Lipinski definition) is 3. The molecule has 0 aliphatic carbocycles. The molecule has 1 aromatic rings. The van der Waals surface area contributed by atoms with Gasteiger partial charge in [-0.2, -0.15) is 5.26 Å². The van der Waals surface area contributed by atoms with Crippen molar-refractivity contribution in [3.8, 4) is 6.07 Å². The highest BCUT2D eigenvalue weighted by molar-refractivity contribution is 9.13. The van der Waals surface area contributed by atoms with Crippen LogP contribution in [0.15, 0.2) is 14.3 Å². The number of halogens is 2. The molecule has 1 atom stereocenters. The Labute approximate surface area is 105 Å². The van der Waals surface area contributed by atoms with Gasteiger partial charge in [0.05, 0.1) is 9.86 Å². The molecule has 0 aromatic carbocycles. The van der Waals surface area contributed by atoms with Crippen LogP contribution in [0, 0.1) is 11.3 Å². The molecule has 0 radical (unpaired) electrons. The topological polar surface area (TPSA) is 35.8 Å². The van der Waals surface area contributed by atoms with Gasteiger partial charge in [0.1, 0.15) is 6.04 Å². The van der Waals surface area contributed by atoms with E-state index in [-0.39, 0.29) is 6.04 Å². The summed E-state index contributed by atoms with van der Waals surface area (Å²) in [5.41, 5.74) is 0. The smallest absolute Gasteiger partial charge is 0.130 e. The van der Waals surface area contributed by atoms with Gasteiger partial charge >= 0.3 is 0 Å². The third kappa shape index (κ3) is 3.06. The molecule has 0 aliphatic heterocycles. The SMILES string of the molecule is CCCNC(C#N)c1cc(Br)c(Br)s1. The molecule has 14 heavy (non-hydrogen) atoms. The van der Waals surface area contributed by atoms with Gasteiger partial charge in [-0.1, -0.05) is 6.92 Å². The maximum Gasteiger partial charge on any atom is 0.130 e. The van der Waals surface area contributed by atoms with Crippen LogP contribution >= 0.6 is 43.2 Å². The van der Waals surface area contributed by atoms with Crippen molar-refractivity contribution in [3.63, 3.8) is 0 Å². The average molecular weight is 338 g/mol. The van der Waals surface area contributed by atoms with Crippen molar-refractivity contribution in [3.05, 3.63) is 19.2 Å². The summed E-state index contributed by atoms with van der Waals surface area (Å²) >= 11 is 8.41. The van der Waals surface area contributed by atoms with Gasteiger partial charge in [0.2, 0.25) is 0 Å². The molecule has 5 heteroatoms. The van der Waals surface area contributed by atoms with E-state index in [0.29, 0.717) is 0 Å². The predicted molar refractivity (Wildman–Crippen MR) is 66.4 cm³/mol. The van der Waals surface area contributed by atoms with Gasteiger partial charge in [0.15, 0.2) is 0 Å². The molecule has 1 heterocycles. The minimum absolute atomic E-state index is 0.192. The number of hydrogen-bond donors (Lipinski definition) is 1. The van der Waals surface area contributed by atoms with Crippen LogP contribution in [0.2, 0.25) is 0 Å². The standard InChI is InChI=1S/C9H10Br2N2S/c1-2-3-13-7(5-12)8-4-6(10)9(11)14-8/h4,7,13H,2-3H2,1H3. The van der Waals surface area contributed by atoms with Crippen molar-refractivity contribution in [2.24, 2.45) is 0 Å². The van der Waals surface area contributed by atoms with Crippen LogP contribution < -0.4 is 5.32 Å². The van der Waals surface area contributed by atoms with Gasteiger partial charge in [0, 0.05) is 9.35 Å². The lowest BCUT2D eigenvalue weighted by atomic mass is 10.2. The van der Waals surface area contributed by atoms with E-state index >= 15 is 0 Å². The van der Waals surface area contributed by atoms with E-state index in [9.17, 15) is 0 Å². The summed E-state index contributed by atoms with van der Waals surface area (Å²) in [6.45, 7) is 2.95. The summed E-state index contributed by atoms with van der Waals surface area (Å²) in [6.07, 6.45) is 1.03. The number of nitriles is 1. The van der Waals surface area contributed by atoms with E-state index in [1.807, 2.05) is 6.07 Å². The molecule has 0 bridgehead atoms. The normalized spacial score (nSPS) is 12.4. The zero-order chi connectivity index (χ0) is 10.6. The molecule has 1 unspecified atom stereocenters. The molecule has 0 saturated heterocycles. The minimum Gasteiger partial charge on any atom is -0.298 e. The minimum atomic E-state index is -0.192. The fourth-order valence-electron chi connectivity index (χ4n) is 1.00. The van der Waals surface area contributed by atoms with Crippen LogP contribution in [0.1, 0.15) is 24.3 Å². The van der Waals surface area contributed by atoms with Crippen LogP contribution in [-0.2, 0) is 0 Å². The maximum atomic E-state index is 8.97. The molecule has 2 nitrogen and oxygen atoms in total. The second kappa shape index (κ2) is 5.86. The third-order valence-electron chi connectivity index (χ3n) is 1.68. The average Bonchev–Trinajstić information content (AvgIpc) is 2.48. The van der Waals surface area contributed by atoms with E-state index in [1.165, 1.54) is 0 Å². The van der Waals surface area contributed by atoms with E-state index in [4.69, 9.17) is 5.26 Å². The molecule has 76 valence electrons. The Morgan fingerprint density at radius 1 is 1.64 bits per heavy atom. The zero-order valence-electron chi connectivity index (χ0n) is 7.68. The first-order valence-electron chi connectivity index (χ1n) is 4.26. The van der Waals surface area contributed by atoms with Gasteiger partial charge in [0.25, 0.3) is 0 Å². The molecule has 1 aromatic heterocycles. The first kappa shape index (κ1) is 12.2. The molecule has 0 amide bonds. The van der Waals surface area contributed by atoms with Gasteiger partial charge < -0.3 is 0 Å². The Balaban J connectivity index is 2.75. The maximum absolute atomic E-state index is 8.97. The predicted octanol–water partition coefficient (Wildman–Crippen LogP) is 3.84. The Morgan fingerprint density at radius 3 is 2.79 bits per heavy atom. The van der Waals surface area contributed by atoms with Crippen LogP contribution in [-0.4, -0.2) is 6.54 Å². The zero-order valence-corrected chi connectivity index (χ0v) is 11.7. The highest BCUT2D eigenvalue weighted by atomic mass is 79.9. The lowest BCUT2D eigenvalue weighted by Gasteiger charge is -2.07. The number of nitrogens with zero attached hydrogens (tertiary/aromatic N) is 1. The largest absolute Gasteiger partial charge is 0.298 e. The Kier molecular flexibility index (Phi) is 5.10. The molecule has 0 saturated carbocycles. The van der Waals surface area contributed by atoms with Gasteiger partial charge in [-0.15, -0.1) is 11.3 Å². The summed E-state index contributed by atoms with van der Waals surface area (Å²) < 4.78 is 2.04. The molecule has 1 rings (SSSR count). The van der Waals surface area contributed by atoms with Gasteiger partial charge in [-0.3, -0.25) is 5.32 Å². The lowest BCUT2D eigenvalue weighted by molar-refractivity contribution is 0.628. The third-order valence-corrected chi connectivity index (χ3v) is 5.00. The van der Waals surface area contributed by atoms with E-state index in [1.54, 1.807) is 11.3 Å². The van der Waals surface area contributed by atoms with Crippen LogP contribution in [0.4, 0.5) is 0 Å². The lowest BCUT2D eigenvalue weighted by Crippen LogP contribution is -2.19. The number of nitrogens with one attached hydrogen (secondary N) is 1. The molecule has 0 aliphatic rings. The Morgan fingerprint density at radius 2 is 2.36 bits per heavy atom. The van der Waals surface area contributed by atoms with E-state index < -0.39 is 0 Å². The number of thiophene rings is 1. The van der Waals surface area contributed by atoms with Crippen LogP contribution in [0.3, 0.4) is 0 Å².